The van der Waals surface area contributed by atoms with E-state index in [0.29, 0.717) is 17.2 Å². The zero-order valence-electron chi connectivity index (χ0n) is 12.7. The van der Waals surface area contributed by atoms with E-state index >= 15 is 0 Å². The van der Waals surface area contributed by atoms with E-state index in [4.69, 9.17) is 14.2 Å². The third kappa shape index (κ3) is 4.44. The molecule has 7 nitrogen and oxygen atoms in total. The van der Waals surface area contributed by atoms with Crippen molar-refractivity contribution in [1.82, 2.24) is 4.98 Å². The third-order valence-electron chi connectivity index (χ3n) is 2.89. The summed E-state index contributed by atoms with van der Waals surface area (Å²) in [5, 5.41) is 2.60. The first-order valence-corrected chi connectivity index (χ1v) is 6.74. The van der Waals surface area contributed by atoms with Crippen molar-refractivity contribution in [3.05, 3.63) is 48.3 Å². The zero-order valence-corrected chi connectivity index (χ0v) is 12.7. The summed E-state index contributed by atoms with van der Waals surface area (Å²) < 4.78 is 15.2. The third-order valence-corrected chi connectivity index (χ3v) is 2.89. The molecular formula is C16H16N2O5. The molecule has 0 aliphatic carbocycles. The van der Waals surface area contributed by atoms with Gasteiger partial charge in [-0.1, -0.05) is 6.07 Å². The van der Waals surface area contributed by atoms with E-state index in [9.17, 15) is 9.59 Å². The first kappa shape index (κ1) is 16.3. The highest BCUT2D eigenvalue weighted by Crippen LogP contribution is 2.28. The summed E-state index contributed by atoms with van der Waals surface area (Å²) in [6.45, 7) is -0.435. The van der Waals surface area contributed by atoms with Gasteiger partial charge in [0, 0.05) is 12.3 Å². The van der Waals surface area contributed by atoms with Crippen molar-refractivity contribution in [2.24, 2.45) is 0 Å². The molecule has 23 heavy (non-hydrogen) atoms. The SMILES string of the molecule is COc1ccc(OC)c(NC(=O)COC(=O)c2ccccn2)c1. The zero-order chi connectivity index (χ0) is 16.7. The van der Waals surface area contributed by atoms with Gasteiger partial charge in [-0.3, -0.25) is 4.79 Å². The molecule has 0 fully saturated rings. The Kier molecular flexibility index (Phi) is 5.51. The quantitative estimate of drug-likeness (QED) is 0.819. The lowest BCUT2D eigenvalue weighted by atomic mass is 10.2. The van der Waals surface area contributed by atoms with Crippen molar-refractivity contribution >= 4 is 17.6 Å². The number of nitrogens with zero attached hydrogens (tertiary/aromatic N) is 1. The van der Waals surface area contributed by atoms with E-state index < -0.39 is 18.5 Å². The molecule has 0 aliphatic rings. The Morgan fingerprint density at radius 2 is 1.96 bits per heavy atom. The van der Waals surface area contributed by atoms with Crippen LogP contribution in [0.1, 0.15) is 10.5 Å². The van der Waals surface area contributed by atoms with E-state index in [0.717, 1.165) is 0 Å². The van der Waals surface area contributed by atoms with Crippen LogP contribution in [0.2, 0.25) is 0 Å². The molecule has 0 spiro atoms. The highest BCUT2D eigenvalue weighted by atomic mass is 16.5. The van der Waals surface area contributed by atoms with Crippen LogP contribution >= 0.6 is 0 Å². The minimum Gasteiger partial charge on any atom is -0.497 e. The number of ether oxygens (including phenoxy) is 3. The average molecular weight is 316 g/mol. The van der Waals surface area contributed by atoms with Crippen molar-refractivity contribution in [2.45, 2.75) is 0 Å². The molecule has 1 aromatic carbocycles. The normalized spacial score (nSPS) is 9.83. The number of hydrogen-bond donors (Lipinski definition) is 1. The summed E-state index contributed by atoms with van der Waals surface area (Å²) in [7, 11) is 3.00. The fourth-order valence-corrected chi connectivity index (χ4v) is 1.79. The van der Waals surface area contributed by atoms with Crippen molar-refractivity contribution < 1.29 is 23.8 Å². The molecule has 1 N–H and O–H groups in total. The van der Waals surface area contributed by atoms with E-state index in [1.807, 2.05) is 0 Å². The summed E-state index contributed by atoms with van der Waals surface area (Å²) in [4.78, 5) is 27.5. The Morgan fingerprint density at radius 1 is 1.13 bits per heavy atom. The van der Waals surface area contributed by atoms with Crippen LogP contribution in [-0.4, -0.2) is 37.7 Å². The largest absolute Gasteiger partial charge is 0.497 e. The number of aromatic nitrogens is 1. The second-order valence-electron chi connectivity index (χ2n) is 4.41. The fourth-order valence-electron chi connectivity index (χ4n) is 1.79. The summed E-state index contributed by atoms with van der Waals surface area (Å²) in [6, 6.07) is 9.82. The van der Waals surface area contributed by atoms with Crippen molar-refractivity contribution in [3.63, 3.8) is 0 Å². The second-order valence-corrected chi connectivity index (χ2v) is 4.41. The van der Waals surface area contributed by atoms with Crippen LogP contribution < -0.4 is 14.8 Å². The molecule has 120 valence electrons. The van der Waals surface area contributed by atoms with Crippen LogP contribution in [0.15, 0.2) is 42.6 Å². The van der Waals surface area contributed by atoms with E-state index in [-0.39, 0.29) is 5.69 Å². The van der Waals surface area contributed by atoms with Crippen molar-refractivity contribution in [1.29, 1.82) is 0 Å². The second kappa shape index (κ2) is 7.79. The number of hydrogen-bond acceptors (Lipinski definition) is 6. The molecule has 0 saturated carbocycles. The molecule has 1 heterocycles. The van der Waals surface area contributed by atoms with Gasteiger partial charge in [0.1, 0.15) is 17.2 Å². The van der Waals surface area contributed by atoms with Gasteiger partial charge >= 0.3 is 5.97 Å². The lowest BCUT2D eigenvalue weighted by Crippen LogP contribution is -2.21. The number of rotatable bonds is 6. The Morgan fingerprint density at radius 3 is 2.61 bits per heavy atom. The maximum absolute atomic E-state index is 11.9. The predicted molar refractivity (Wildman–Crippen MR) is 82.7 cm³/mol. The molecule has 0 bridgehead atoms. The number of benzene rings is 1. The number of anilines is 1. The van der Waals surface area contributed by atoms with Gasteiger partial charge in [-0.25, -0.2) is 9.78 Å². The summed E-state index contributed by atoms with van der Waals surface area (Å²) >= 11 is 0. The Hall–Kier alpha value is -3.09. The number of nitrogens with one attached hydrogen (secondary N) is 1. The van der Waals surface area contributed by atoms with Crippen molar-refractivity contribution in [3.8, 4) is 11.5 Å². The highest BCUT2D eigenvalue weighted by molar-refractivity contribution is 5.96. The number of carbonyl (C=O) groups excluding carboxylic acids is 2. The first-order chi connectivity index (χ1) is 11.1. The summed E-state index contributed by atoms with van der Waals surface area (Å²) in [5.41, 5.74) is 0.560. The molecule has 1 amide bonds. The number of pyridine rings is 1. The predicted octanol–water partition coefficient (Wildman–Crippen LogP) is 1.89. The Labute approximate surface area is 133 Å². The lowest BCUT2D eigenvalue weighted by molar-refractivity contribution is -0.119. The van der Waals surface area contributed by atoms with Crippen LogP contribution in [0.25, 0.3) is 0 Å². The Bertz CT molecular complexity index is 688. The molecule has 2 rings (SSSR count). The minimum absolute atomic E-state index is 0.138. The minimum atomic E-state index is -0.668. The number of carbonyl (C=O) groups is 2. The smallest absolute Gasteiger partial charge is 0.357 e. The number of amides is 1. The molecule has 2 aromatic rings. The lowest BCUT2D eigenvalue weighted by Gasteiger charge is -2.11. The van der Waals surface area contributed by atoms with Crippen LogP contribution in [-0.2, 0) is 9.53 Å². The average Bonchev–Trinajstić information content (AvgIpc) is 2.60. The summed E-state index contributed by atoms with van der Waals surface area (Å²) in [6.07, 6.45) is 1.47. The van der Waals surface area contributed by atoms with Gasteiger partial charge in [0.15, 0.2) is 6.61 Å². The Balaban J connectivity index is 1.96. The van der Waals surface area contributed by atoms with Gasteiger partial charge < -0.3 is 19.5 Å². The molecule has 0 atom stereocenters. The number of esters is 1. The van der Waals surface area contributed by atoms with Gasteiger partial charge in [-0.15, -0.1) is 0 Å². The van der Waals surface area contributed by atoms with E-state index in [1.165, 1.54) is 26.5 Å². The molecule has 0 radical (unpaired) electrons. The van der Waals surface area contributed by atoms with Crippen LogP contribution in [0.5, 0.6) is 11.5 Å². The first-order valence-electron chi connectivity index (χ1n) is 6.74. The standard InChI is InChI=1S/C16H16N2O5/c1-21-11-6-7-14(22-2)13(9-11)18-15(19)10-23-16(20)12-5-3-4-8-17-12/h3-9H,10H2,1-2H3,(H,18,19). The van der Waals surface area contributed by atoms with Crippen LogP contribution in [0.4, 0.5) is 5.69 Å². The number of methoxy groups -OCH3 is 2. The van der Waals surface area contributed by atoms with Gasteiger partial charge in [-0.05, 0) is 24.3 Å². The van der Waals surface area contributed by atoms with Crippen LogP contribution in [0, 0.1) is 0 Å². The topological polar surface area (TPSA) is 86.8 Å². The molecule has 0 unspecified atom stereocenters. The van der Waals surface area contributed by atoms with Crippen molar-refractivity contribution in [2.75, 3.05) is 26.1 Å². The fraction of sp³-hybridized carbons (Fsp3) is 0.188. The molecular weight excluding hydrogens is 300 g/mol. The van der Waals surface area contributed by atoms with Gasteiger partial charge in [0.05, 0.1) is 19.9 Å². The van der Waals surface area contributed by atoms with Gasteiger partial charge in [-0.2, -0.15) is 0 Å². The summed E-state index contributed by atoms with van der Waals surface area (Å²) in [5.74, 6) is -0.138. The van der Waals surface area contributed by atoms with E-state index in [1.54, 1.807) is 30.3 Å². The molecule has 1 aromatic heterocycles. The maximum Gasteiger partial charge on any atom is 0.357 e. The van der Waals surface area contributed by atoms with Gasteiger partial charge in [0.25, 0.3) is 5.91 Å². The molecule has 0 saturated heterocycles. The van der Waals surface area contributed by atoms with Gasteiger partial charge in [0.2, 0.25) is 0 Å². The molecule has 7 heteroatoms. The van der Waals surface area contributed by atoms with Crippen LogP contribution in [0.3, 0.4) is 0 Å². The van der Waals surface area contributed by atoms with E-state index in [2.05, 4.69) is 10.3 Å². The highest BCUT2D eigenvalue weighted by Gasteiger charge is 2.13. The monoisotopic (exact) mass is 316 g/mol. The maximum atomic E-state index is 11.9. The molecule has 0 aliphatic heterocycles.